The summed E-state index contributed by atoms with van der Waals surface area (Å²) in [5.74, 6) is 0. The molecule has 21 heavy (non-hydrogen) atoms. The molecule has 5 nitrogen and oxygen atoms in total. The fourth-order valence-electron chi connectivity index (χ4n) is 2.40. The molecule has 2 heterocycles. The van der Waals surface area contributed by atoms with Gasteiger partial charge in [0, 0.05) is 38.1 Å². The third kappa shape index (κ3) is 5.34. The fraction of sp³-hybridized carbons (Fsp3) is 0.625. The van der Waals surface area contributed by atoms with E-state index in [1.165, 1.54) is 5.56 Å². The van der Waals surface area contributed by atoms with E-state index < -0.39 is 5.60 Å². The van der Waals surface area contributed by atoms with Crippen molar-refractivity contribution >= 4 is 6.09 Å². The van der Waals surface area contributed by atoms with Crippen molar-refractivity contribution in [3.63, 3.8) is 0 Å². The Hall–Kier alpha value is -1.62. The van der Waals surface area contributed by atoms with Crippen LogP contribution < -0.4 is 5.32 Å². The SMILES string of the molecule is CC(C)(C)OC(=O)N1CCC[C@H](NCc2ccncc2)C1. The Morgan fingerprint density at radius 2 is 2.14 bits per heavy atom. The van der Waals surface area contributed by atoms with Crippen LogP contribution in [0.1, 0.15) is 39.2 Å². The van der Waals surface area contributed by atoms with Crippen LogP contribution in [0.3, 0.4) is 0 Å². The third-order valence-electron chi connectivity index (χ3n) is 3.42. The van der Waals surface area contributed by atoms with Gasteiger partial charge in [-0.1, -0.05) is 0 Å². The van der Waals surface area contributed by atoms with Crippen LogP contribution in [0.25, 0.3) is 0 Å². The lowest BCUT2D eigenvalue weighted by Crippen LogP contribution is -2.49. The summed E-state index contributed by atoms with van der Waals surface area (Å²) in [7, 11) is 0. The van der Waals surface area contributed by atoms with Gasteiger partial charge in [-0.25, -0.2) is 4.79 Å². The minimum atomic E-state index is -0.436. The molecule has 1 aliphatic heterocycles. The van der Waals surface area contributed by atoms with Gasteiger partial charge in [0.25, 0.3) is 0 Å². The maximum Gasteiger partial charge on any atom is 0.410 e. The van der Waals surface area contributed by atoms with Crippen LogP contribution in [0.15, 0.2) is 24.5 Å². The molecule has 0 aliphatic carbocycles. The van der Waals surface area contributed by atoms with E-state index in [2.05, 4.69) is 10.3 Å². The number of amides is 1. The van der Waals surface area contributed by atoms with Crippen molar-refractivity contribution in [1.82, 2.24) is 15.2 Å². The molecule has 0 radical (unpaired) electrons. The zero-order valence-corrected chi connectivity index (χ0v) is 13.1. The van der Waals surface area contributed by atoms with Gasteiger partial charge >= 0.3 is 6.09 Å². The lowest BCUT2D eigenvalue weighted by atomic mass is 10.1. The quantitative estimate of drug-likeness (QED) is 0.930. The standard InChI is InChI=1S/C16H25N3O2/c1-16(2,3)21-15(20)19-10-4-5-14(12-19)18-11-13-6-8-17-9-7-13/h6-9,14,18H,4-5,10-12H2,1-3H3/t14-/m0/s1. The van der Waals surface area contributed by atoms with E-state index in [4.69, 9.17) is 4.74 Å². The number of ether oxygens (including phenoxy) is 1. The second kappa shape index (κ2) is 6.89. The normalized spacial score (nSPS) is 19.4. The Morgan fingerprint density at radius 1 is 1.43 bits per heavy atom. The fourth-order valence-corrected chi connectivity index (χ4v) is 2.40. The Labute approximate surface area is 126 Å². The predicted octanol–water partition coefficient (Wildman–Crippen LogP) is 2.57. The summed E-state index contributed by atoms with van der Waals surface area (Å²) in [5, 5.41) is 3.51. The Bertz CT molecular complexity index is 456. The summed E-state index contributed by atoms with van der Waals surface area (Å²) in [6, 6.07) is 4.32. The Morgan fingerprint density at radius 3 is 2.81 bits per heavy atom. The van der Waals surface area contributed by atoms with E-state index in [-0.39, 0.29) is 6.09 Å². The molecule has 0 saturated carbocycles. The molecule has 1 aromatic rings. The van der Waals surface area contributed by atoms with Crippen molar-refractivity contribution in [2.75, 3.05) is 13.1 Å². The first-order chi connectivity index (χ1) is 9.94. The average Bonchev–Trinajstić information content (AvgIpc) is 2.45. The summed E-state index contributed by atoms with van der Waals surface area (Å²) >= 11 is 0. The summed E-state index contributed by atoms with van der Waals surface area (Å²) in [4.78, 5) is 17.9. The van der Waals surface area contributed by atoms with E-state index in [9.17, 15) is 4.79 Å². The number of carbonyl (C=O) groups excluding carboxylic acids is 1. The van der Waals surface area contributed by atoms with Crippen LogP contribution in [0.5, 0.6) is 0 Å². The number of carbonyl (C=O) groups is 1. The molecule has 0 aromatic carbocycles. The van der Waals surface area contributed by atoms with E-state index in [1.54, 1.807) is 17.3 Å². The highest BCUT2D eigenvalue weighted by Gasteiger charge is 2.27. The Balaban J connectivity index is 1.82. The van der Waals surface area contributed by atoms with Gasteiger partial charge in [-0.05, 0) is 51.3 Å². The molecule has 1 N–H and O–H groups in total. The van der Waals surface area contributed by atoms with E-state index in [0.29, 0.717) is 12.6 Å². The molecule has 5 heteroatoms. The minimum absolute atomic E-state index is 0.210. The van der Waals surface area contributed by atoms with Gasteiger partial charge in [0.2, 0.25) is 0 Å². The predicted molar refractivity (Wildman–Crippen MR) is 81.9 cm³/mol. The first-order valence-corrected chi connectivity index (χ1v) is 7.54. The Kier molecular flexibility index (Phi) is 5.17. The molecular formula is C16H25N3O2. The van der Waals surface area contributed by atoms with Crippen LogP contribution in [0, 0.1) is 0 Å². The summed E-state index contributed by atoms with van der Waals surface area (Å²) in [5.41, 5.74) is 0.772. The number of nitrogens with one attached hydrogen (secondary N) is 1. The second-order valence-electron chi connectivity index (χ2n) is 6.50. The van der Waals surface area contributed by atoms with Crippen LogP contribution >= 0.6 is 0 Å². The first-order valence-electron chi connectivity index (χ1n) is 7.54. The van der Waals surface area contributed by atoms with Gasteiger partial charge < -0.3 is 15.0 Å². The molecule has 1 saturated heterocycles. The summed E-state index contributed by atoms with van der Waals surface area (Å²) < 4.78 is 5.44. The molecule has 0 bridgehead atoms. The molecule has 0 spiro atoms. The molecule has 1 aromatic heterocycles. The lowest BCUT2D eigenvalue weighted by Gasteiger charge is -2.34. The molecule has 1 fully saturated rings. The zero-order chi connectivity index (χ0) is 15.3. The maximum absolute atomic E-state index is 12.1. The highest BCUT2D eigenvalue weighted by Crippen LogP contribution is 2.15. The van der Waals surface area contributed by atoms with Gasteiger partial charge in [-0.15, -0.1) is 0 Å². The van der Waals surface area contributed by atoms with Crippen LogP contribution in [0.4, 0.5) is 4.79 Å². The van der Waals surface area contributed by atoms with Gasteiger partial charge in [-0.2, -0.15) is 0 Å². The van der Waals surface area contributed by atoms with Gasteiger partial charge in [-0.3, -0.25) is 4.98 Å². The smallest absolute Gasteiger partial charge is 0.410 e. The number of piperidine rings is 1. The van der Waals surface area contributed by atoms with Gasteiger partial charge in [0.1, 0.15) is 5.60 Å². The third-order valence-corrected chi connectivity index (χ3v) is 3.42. The first kappa shape index (κ1) is 15.8. The monoisotopic (exact) mass is 291 g/mol. The number of hydrogen-bond acceptors (Lipinski definition) is 4. The van der Waals surface area contributed by atoms with Gasteiger partial charge in [0.05, 0.1) is 0 Å². The lowest BCUT2D eigenvalue weighted by molar-refractivity contribution is 0.0187. The maximum atomic E-state index is 12.1. The highest BCUT2D eigenvalue weighted by atomic mass is 16.6. The van der Waals surface area contributed by atoms with Crippen LogP contribution in [0.2, 0.25) is 0 Å². The molecule has 1 amide bonds. The number of likely N-dealkylation sites (tertiary alicyclic amines) is 1. The molecule has 1 aliphatic rings. The minimum Gasteiger partial charge on any atom is -0.444 e. The van der Waals surface area contributed by atoms with Crippen molar-refractivity contribution in [1.29, 1.82) is 0 Å². The number of hydrogen-bond donors (Lipinski definition) is 1. The van der Waals surface area contributed by atoms with E-state index in [1.807, 2.05) is 32.9 Å². The second-order valence-corrected chi connectivity index (χ2v) is 6.50. The summed E-state index contributed by atoms with van der Waals surface area (Å²) in [6.45, 7) is 7.98. The van der Waals surface area contributed by atoms with E-state index >= 15 is 0 Å². The van der Waals surface area contributed by atoms with E-state index in [0.717, 1.165) is 25.9 Å². The van der Waals surface area contributed by atoms with Crippen molar-refractivity contribution in [2.45, 2.75) is 51.8 Å². The molecule has 1 atom stereocenters. The average molecular weight is 291 g/mol. The topological polar surface area (TPSA) is 54.5 Å². The van der Waals surface area contributed by atoms with Crippen LogP contribution in [-0.4, -0.2) is 40.7 Å². The molecule has 116 valence electrons. The number of rotatable bonds is 3. The molecule has 0 unspecified atom stereocenters. The van der Waals surface area contributed by atoms with Crippen molar-refractivity contribution in [3.05, 3.63) is 30.1 Å². The highest BCUT2D eigenvalue weighted by molar-refractivity contribution is 5.68. The van der Waals surface area contributed by atoms with Crippen molar-refractivity contribution < 1.29 is 9.53 Å². The molecular weight excluding hydrogens is 266 g/mol. The number of aromatic nitrogens is 1. The van der Waals surface area contributed by atoms with Crippen molar-refractivity contribution in [3.8, 4) is 0 Å². The summed E-state index contributed by atoms with van der Waals surface area (Å²) in [6.07, 6.45) is 5.48. The van der Waals surface area contributed by atoms with Crippen LogP contribution in [-0.2, 0) is 11.3 Å². The van der Waals surface area contributed by atoms with Gasteiger partial charge in [0.15, 0.2) is 0 Å². The number of pyridine rings is 1. The largest absolute Gasteiger partial charge is 0.444 e. The van der Waals surface area contributed by atoms with Crippen molar-refractivity contribution in [2.24, 2.45) is 0 Å². The zero-order valence-electron chi connectivity index (χ0n) is 13.1. The number of nitrogens with zero attached hydrogens (tertiary/aromatic N) is 2. The molecule has 2 rings (SSSR count).